The Morgan fingerprint density at radius 2 is 1.65 bits per heavy atom. The number of aromatic nitrogens is 2. The van der Waals surface area contributed by atoms with E-state index in [0.29, 0.717) is 42.3 Å². The molecule has 2 amide bonds. The maximum atomic E-state index is 13.2. The van der Waals surface area contributed by atoms with Gasteiger partial charge in [0.1, 0.15) is 11.9 Å². The van der Waals surface area contributed by atoms with Crippen LogP contribution in [0.15, 0.2) is 97.3 Å². The number of hydrogen-bond donors (Lipinski definition) is 2. The summed E-state index contributed by atoms with van der Waals surface area (Å²) in [5.74, 6) is 0.927. The van der Waals surface area contributed by atoms with E-state index in [1.807, 2.05) is 48.5 Å². The fourth-order valence-corrected chi connectivity index (χ4v) is 4.93. The number of benzene rings is 3. The smallest absolute Gasteiger partial charge is 0.255 e. The topological polar surface area (TPSA) is 87.2 Å². The number of anilines is 2. The molecule has 2 aliphatic rings. The van der Waals surface area contributed by atoms with Crippen LogP contribution in [0.2, 0.25) is 0 Å². The summed E-state index contributed by atoms with van der Waals surface area (Å²) in [6.07, 6.45) is 2.96. The fraction of sp³-hybridized carbons (Fsp3) is 0.133. The molecule has 1 saturated heterocycles. The van der Waals surface area contributed by atoms with Gasteiger partial charge in [0.05, 0.1) is 0 Å². The first-order valence-electron chi connectivity index (χ1n) is 12.2. The third kappa shape index (κ3) is 4.36. The molecule has 1 fully saturated rings. The molecular weight excluding hydrogens is 462 g/mol. The number of amides is 2. The highest BCUT2D eigenvalue weighted by Gasteiger charge is 2.39. The standard InChI is InChI=1S/C30H25N5O2/c1-19-10-15-26(29(36)32-19)35-18-24-23(30(35)37)8-5-9-25(24)33-27-16-17-31-28(34-27)22-13-11-21(12-14-22)20-6-3-2-4-7-20/h2-9,11-14,16-17,26H,1,10,15,18H2,(H,32,36)(H,31,33,34). The number of piperidine rings is 1. The van der Waals surface area contributed by atoms with Gasteiger partial charge in [-0.1, -0.05) is 67.2 Å². The van der Waals surface area contributed by atoms with Crippen LogP contribution in [0.4, 0.5) is 11.5 Å². The van der Waals surface area contributed by atoms with Gasteiger partial charge < -0.3 is 15.5 Å². The van der Waals surface area contributed by atoms with Gasteiger partial charge in [-0.3, -0.25) is 9.59 Å². The molecule has 2 aliphatic heterocycles. The molecule has 0 saturated carbocycles. The van der Waals surface area contributed by atoms with E-state index >= 15 is 0 Å². The molecule has 7 heteroatoms. The maximum Gasteiger partial charge on any atom is 0.255 e. The highest BCUT2D eigenvalue weighted by molar-refractivity contribution is 6.03. The predicted octanol–water partition coefficient (Wildman–Crippen LogP) is 5.30. The molecule has 4 aromatic rings. The fourth-order valence-electron chi connectivity index (χ4n) is 4.93. The molecule has 0 aliphatic carbocycles. The molecular formula is C30H25N5O2. The summed E-state index contributed by atoms with van der Waals surface area (Å²) in [6, 6.07) is 25.3. The zero-order chi connectivity index (χ0) is 25.4. The highest BCUT2D eigenvalue weighted by Crippen LogP contribution is 2.34. The molecule has 3 aromatic carbocycles. The van der Waals surface area contributed by atoms with Crippen LogP contribution in [0.25, 0.3) is 22.5 Å². The van der Waals surface area contributed by atoms with Crippen molar-refractivity contribution in [1.29, 1.82) is 0 Å². The zero-order valence-electron chi connectivity index (χ0n) is 20.1. The van der Waals surface area contributed by atoms with Gasteiger partial charge in [0.2, 0.25) is 5.91 Å². The quantitative estimate of drug-likeness (QED) is 0.399. The molecule has 0 spiro atoms. The average molecular weight is 488 g/mol. The molecule has 0 bridgehead atoms. The van der Waals surface area contributed by atoms with E-state index in [9.17, 15) is 9.59 Å². The largest absolute Gasteiger partial charge is 0.340 e. The lowest BCUT2D eigenvalue weighted by atomic mass is 10.0. The SMILES string of the molecule is C=C1CCC(N2Cc3c(Nc4ccnc(-c5ccc(-c6ccccc6)cc5)n4)cccc3C2=O)C(=O)N1. The van der Waals surface area contributed by atoms with Crippen molar-refractivity contribution in [3.63, 3.8) is 0 Å². The molecule has 1 aromatic heterocycles. The lowest BCUT2D eigenvalue weighted by molar-refractivity contribution is -0.126. The molecule has 0 radical (unpaired) electrons. The number of fused-ring (bicyclic) bond motifs is 1. The van der Waals surface area contributed by atoms with E-state index in [-0.39, 0.29) is 11.8 Å². The van der Waals surface area contributed by atoms with Crippen molar-refractivity contribution >= 4 is 23.3 Å². The summed E-state index contributed by atoms with van der Waals surface area (Å²) in [4.78, 5) is 36.5. The van der Waals surface area contributed by atoms with Crippen molar-refractivity contribution < 1.29 is 9.59 Å². The minimum absolute atomic E-state index is 0.131. The molecule has 3 heterocycles. The highest BCUT2D eigenvalue weighted by atomic mass is 16.2. The Morgan fingerprint density at radius 1 is 0.892 bits per heavy atom. The van der Waals surface area contributed by atoms with E-state index in [2.05, 4.69) is 46.5 Å². The maximum absolute atomic E-state index is 13.2. The average Bonchev–Trinajstić information content (AvgIpc) is 3.26. The first-order valence-corrected chi connectivity index (χ1v) is 12.2. The van der Waals surface area contributed by atoms with E-state index in [1.165, 1.54) is 0 Å². The minimum Gasteiger partial charge on any atom is -0.340 e. The van der Waals surface area contributed by atoms with Crippen molar-refractivity contribution in [3.8, 4) is 22.5 Å². The number of carbonyl (C=O) groups is 2. The number of rotatable bonds is 5. The molecule has 1 unspecified atom stereocenters. The van der Waals surface area contributed by atoms with Crippen LogP contribution < -0.4 is 10.6 Å². The summed E-state index contributed by atoms with van der Waals surface area (Å²) in [5.41, 5.74) is 6.14. The van der Waals surface area contributed by atoms with Crippen LogP contribution in [0, 0.1) is 0 Å². The van der Waals surface area contributed by atoms with Gasteiger partial charge in [-0.25, -0.2) is 9.97 Å². The Bertz CT molecular complexity index is 1520. The third-order valence-corrected chi connectivity index (χ3v) is 6.86. The van der Waals surface area contributed by atoms with Crippen LogP contribution in [0.5, 0.6) is 0 Å². The van der Waals surface area contributed by atoms with Crippen molar-refractivity contribution in [3.05, 3.63) is 108 Å². The normalized spacial score (nSPS) is 16.9. The second-order valence-electron chi connectivity index (χ2n) is 9.25. The van der Waals surface area contributed by atoms with Gasteiger partial charge in [0.25, 0.3) is 5.91 Å². The van der Waals surface area contributed by atoms with Crippen molar-refractivity contribution in [2.45, 2.75) is 25.4 Å². The predicted molar refractivity (Wildman–Crippen MR) is 143 cm³/mol. The van der Waals surface area contributed by atoms with Crippen LogP contribution in [-0.2, 0) is 11.3 Å². The monoisotopic (exact) mass is 487 g/mol. The Balaban J connectivity index is 1.23. The second-order valence-corrected chi connectivity index (χ2v) is 9.25. The van der Waals surface area contributed by atoms with Gasteiger partial charge in [-0.05, 0) is 42.2 Å². The van der Waals surface area contributed by atoms with Crippen LogP contribution in [0.3, 0.4) is 0 Å². The zero-order valence-corrected chi connectivity index (χ0v) is 20.1. The van der Waals surface area contributed by atoms with Gasteiger partial charge >= 0.3 is 0 Å². The molecule has 2 N–H and O–H groups in total. The number of hydrogen-bond acceptors (Lipinski definition) is 5. The number of carbonyl (C=O) groups excluding carboxylic acids is 2. The Hall–Kier alpha value is -4.78. The molecule has 6 rings (SSSR count). The summed E-state index contributed by atoms with van der Waals surface area (Å²) in [6.45, 7) is 4.20. The Morgan fingerprint density at radius 3 is 2.43 bits per heavy atom. The van der Waals surface area contributed by atoms with Crippen molar-refractivity contribution in [2.75, 3.05) is 5.32 Å². The summed E-state index contributed by atoms with van der Waals surface area (Å²) in [5, 5.41) is 6.15. The molecule has 37 heavy (non-hydrogen) atoms. The van der Waals surface area contributed by atoms with Crippen molar-refractivity contribution in [2.24, 2.45) is 0 Å². The number of nitrogens with one attached hydrogen (secondary N) is 2. The Labute approximate surface area is 214 Å². The second kappa shape index (κ2) is 9.35. The summed E-state index contributed by atoms with van der Waals surface area (Å²) < 4.78 is 0. The first-order chi connectivity index (χ1) is 18.1. The Kier molecular flexibility index (Phi) is 5.73. The number of allylic oxidation sites excluding steroid dienone is 1. The van der Waals surface area contributed by atoms with Gasteiger partial charge in [-0.2, -0.15) is 0 Å². The van der Waals surface area contributed by atoms with E-state index < -0.39 is 6.04 Å². The summed E-state index contributed by atoms with van der Waals surface area (Å²) in [7, 11) is 0. The first kappa shape index (κ1) is 22.7. The number of nitrogens with zero attached hydrogens (tertiary/aromatic N) is 3. The van der Waals surface area contributed by atoms with E-state index in [4.69, 9.17) is 4.98 Å². The van der Waals surface area contributed by atoms with E-state index in [0.717, 1.165) is 27.9 Å². The van der Waals surface area contributed by atoms with Crippen LogP contribution >= 0.6 is 0 Å². The lowest BCUT2D eigenvalue weighted by Gasteiger charge is -2.31. The lowest BCUT2D eigenvalue weighted by Crippen LogP contribution is -2.49. The van der Waals surface area contributed by atoms with Gasteiger partial charge in [0.15, 0.2) is 5.82 Å². The molecule has 1 atom stereocenters. The van der Waals surface area contributed by atoms with Crippen LogP contribution in [0.1, 0.15) is 28.8 Å². The van der Waals surface area contributed by atoms with Gasteiger partial charge in [-0.15, -0.1) is 0 Å². The molecule has 7 nitrogen and oxygen atoms in total. The minimum atomic E-state index is -0.497. The van der Waals surface area contributed by atoms with Gasteiger partial charge in [0, 0.05) is 40.8 Å². The van der Waals surface area contributed by atoms with Crippen molar-refractivity contribution in [1.82, 2.24) is 20.2 Å². The third-order valence-electron chi connectivity index (χ3n) is 6.86. The van der Waals surface area contributed by atoms with E-state index in [1.54, 1.807) is 17.2 Å². The van der Waals surface area contributed by atoms with Crippen LogP contribution in [-0.4, -0.2) is 32.7 Å². The molecule has 182 valence electrons. The summed E-state index contributed by atoms with van der Waals surface area (Å²) >= 11 is 0.